The van der Waals surface area contributed by atoms with Crippen LogP contribution in [0.25, 0.3) is 10.8 Å². The van der Waals surface area contributed by atoms with Crippen molar-refractivity contribution in [3.63, 3.8) is 0 Å². The van der Waals surface area contributed by atoms with Crippen LogP contribution in [0.2, 0.25) is 0 Å². The lowest BCUT2D eigenvalue weighted by Crippen LogP contribution is -2.47. The Labute approximate surface area is 145 Å². The van der Waals surface area contributed by atoms with E-state index >= 15 is 0 Å². The number of aromatic nitrogens is 3. The molecule has 0 aromatic carbocycles. The van der Waals surface area contributed by atoms with Gasteiger partial charge in [0.05, 0.1) is 0 Å². The first kappa shape index (κ1) is 15.7. The Morgan fingerprint density at radius 3 is 2.67 bits per heavy atom. The molecular formula is C17H21N5OS. The summed E-state index contributed by atoms with van der Waals surface area (Å²) in [6.45, 7) is 1.97. The molecule has 0 spiro atoms. The zero-order valence-electron chi connectivity index (χ0n) is 13.8. The van der Waals surface area contributed by atoms with Crippen LogP contribution in [-0.2, 0) is 0 Å². The van der Waals surface area contributed by atoms with Gasteiger partial charge in [0.15, 0.2) is 10.8 Å². The quantitative estimate of drug-likeness (QED) is 0.856. The Bertz CT molecular complexity index is 719. The second-order valence-electron chi connectivity index (χ2n) is 6.51. The highest BCUT2D eigenvalue weighted by atomic mass is 32.1. The van der Waals surface area contributed by atoms with E-state index < -0.39 is 0 Å². The molecule has 0 unspecified atom stereocenters. The normalized spacial score (nSPS) is 24.6. The van der Waals surface area contributed by atoms with Crippen molar-refractivity contribution in [3.8, 4) is 10.8 Å². The van der Waals surface area contributed by atoms with Gasteiger partial charge in [-0.1, -0.05) is 0 Å². The number of amides is 1. The van der Waals surface area contributed by atoms with Gasteiger partial charge in [0.1, 0.15) is 5.69 Å². The molecule has 4 rings (SSSR count). The third kappa shape index (κ3) is 2.82. The highest BCUT2D eigenvalue weighted by Gasteiger charge is 2.39. The van der Waals surface area contributed by atoms with Crippen LogP contribution in [0.4, 0.5) is 0 Å². The minimum Gasteiger partial charge on any atom is -0.333 e. The SMILES string of the molecule is CN1CCC[C@@H]1[C@H]1CCCN1C(=O)c1csc(-c2ncccn2)n1. The van der Waals surface area contributed by atoms with E-state index in [1.807, 2.05) is 10.3 Å². The lowest BCUT2D eigenvalue weighted by Gasteiger charge is -2.32. The van der Waals surface area contributed by atoms with Crippen LogP contribution in [0.5, 0.6) is 0 Å². The minimum absolute atomic E-state index is 0.0521. The molecule has 0 N–H and O–H groups in total. The Hall–Kier alpha value is -1.86. The minimum atomic E-state index is 0.0521. The highest BCUT2D eigenvalue weighted by molar-refractivity contribution is 7.13. The number of thiazole rings is 1. The standard InChI is InChI=1S/C17H21N5OS/c1-21-9-2-5-13(21)14-6-3-10-22(14)17(23)12-11-24-16(20-12)15-18-7-4-8-19-15/h4,7-8,11,13-14H,2-3,5-6,9-10H2,1H3/t13-,14-/m1/s1. The first-order valence-electron chi connectivity index (χ1n) is 8.48. The monoisotopic (exact) mass is 343 g/mol. The third-order valence-corrected chi connectivity index (χ3v) is 5.90. The van der Waals surface area contributed by atoms with Crippen LogP contribution in [0.15, 0.2) is 23.8 Å². The Balaban J connectivity index is 1.54. The number of hydrogen-bond donors (Lipinski definition) is 0. The molecule has 0 radical (unpaired) electrons. The number of likely N-dealkylation sites (tertiary alicyclic amines) is 2. The van der Waals surface area contributed by atoms with Crippen molar-refractivity contribution in [1.82, 2.24) is 24.8 Å². The van der Waals surface area contributed by atoms with E-state index in [0.717, 1.165) is 25.9 Å². The van der Waals surface area contributed by atoms with E-state index in [-0.39, 0.29) is 5.91 Å². The highest BCUT2D eigenvalue weighted by Crippen LogP contribution is 2.30. The molecule has 2 atom stereocenters. The van der Waals surface area contributed by atoms with Crippen molar-refractivity contribution in [2.24, 2.45) is 0 Å². The average molecular weight is 343 g/mol. The molecule has 2 fully saturated rings. The summed E-state index contributed by atoms with van der Waals surface area (Å²) in [4.78, 5) is 30.3. The van der Waals surface area contributed by atoms with Gasteiger partial charge in [-0.15, -0.1) is 11.3 Å². The Morgan fingerprint density at radius 1 is 1.17 bits per heavy atom. The summed E-state index contributed by atoms with van der Waals surface area (Å²) >= 11 is 1.43. The molecule has 2 saturated heterocycles. The molecule has 1 amide bonds. The van der Waals surface area contributed by atoms with E-state index in [9.17, 15) is 4.79 Å². The molecule has 2 aliphatic rings. The van der Waals surface area contributed by atoms with E-state index in [2.05, 4.69) is 26.9 Å². The lowest BCUT2D eigenvalue weighted by molar-refractivity contribution is 0.0659. The molecule has 2 aromatic heterocycles. The first-order chi connectivity index (χ1) is 11.7. The average Bonchev–Trinajstić information content (AvgIpc) is 3.35. The molecule has 0 aliphatic carbocycles. The topological polar surface area (TPSA) is 62.2 Å². The van der Waals surface area contributed by atoms with Crippen molar-refractivity contribution < 1.29 is 4.79 Å². The van der Waals surface area contributed by atoms with Gasteiger partial charge in [0.25, 0.3) is 5.91 Å². The Morgan fingerprint density at radius 2 is 1.92 bits per heavy atom. The van der Waals surface area contributed by atoms with Gasteiger partial charge in [0.2, 0.25) is 0 Å². The molecule has 0 saturated carbocycles. The van der Waals surface area contributed by atoms with Gasteiger partial charge in [-0.2, -0.15) is 0 Å². The zero-order chi connectivity index (χ0) is 16.5. The van der Waals surface area contributed by atoms with Gasteiger partial charge in [0, 0.05) is 36.4 Å². The third-order valence-electron chi connectivity index (χ3n) is 5.06. The van der Waals surface area contributed by atoms with E-state index in [4.69, 9.17) is 0 Å². The number of likely N-dealkylation sites (N-methyl/N-ethyl adjacent to an activating group) is 1. The maximum Gasteiger partial charge on any atom is 0.273 e. The van der Waals surface area contributed by atoms with Crippen LogP contribution in [0.3, 0.4) is 0 Å². The Kier molecular flexibility index (Phi) is 4.28. The van der Waals surface area contributed by atoms with Crippen molar-refractivity contribution in [3.05, 3.63) is 29.5 Å². The molecule has 2 aliphatic heterocycles. The summed E-state index contributed by atoms with van der Waals surface area (Å²) in [6, 6.07) is 2.59. The molecule has 4 heterocycles. The fraction of sp³-hybridized carbons (Fsp3) is 0.529. The predicted octanol–water partition coefficient (Wildman–Crippen LogP) is 2.30. The van der Waals surface area contributed by atoms with E-state index in [1.54, 1.807) is 18.5 Å². The summed E-state index contributed by atoms with van der Waals surface area (Å²) in [7, 11) is 2.17. The smallest absolute Gasteiger partial charge is 0.273 e. The van der Waals surface area contributed by atoms with E-state index in [0.29, 0.717) is 28.6 Å². The largest absolute Gasteiger partial charge is 0.333 e. The van der Waals surface area contributed by atoms with Crippen molar-refractivity contribution >= 4 is 17.2 Å². The number of carbonyl (C=O) groups excluding carboxylic acids is 1. The zero-order valence-corrected chi connectivity index (χ0v) is 14.6. The summed E-state index contributed by atoms with van der Waals surface area (Å²) in [5.74, 6) is 0.631. The van der Waals surface area contributed by atoms with Crippen LogP contribution in [0, 0.1) is 0 Å². The van der Waals surface area contributed by atoms with Crippen LogP contribution in [-0.4, -0.2) is 62.9 Å². The number of nitrogens with zero attached hydrogens (tertiary/aromatic N) is 5. The molecule has 6 nitrogen and oxygen atoms in total. The second kappa shape index (κ2) is 6.57. The summed E-state index contributed by atoms with van der Waals surface area (Å²) in [5, 5.41) is 2.54. The number of carbonyl (C=O) groups is 1. The molecule has 126 valence electrons. The fourth-order valence-corrected chi connectivity index (χ4v) is 4.64. The predicted molar refractivity (Wildman–Crippen MR) is 92.9 cm³/mol. The van der Waals surface area contributed by atoms with Gasteiger partial charge in [-0.05, 0) is 45.3 Å². The maximum atomic E-state index is 13.0. The van der Waals surface area contributed by atoms with Gasteiger partial charge in [-0.3, -0.25) is 4.79 Å². The fourth-order valence-electron chi connectivity index (χ4n) is 3.90. The summed E-state index contributed by atoms with van der Waals surface area (Å²) in [6.07, 6.45) is 7.98. The van der Waals surface area contributed by atoms with Gasteiger partial charge in [-0.25, -0.2) is 15.0 Å². The van der Waals surface area contributed by atoms with E-state index in [1.165, 1.54) is 24.2 Å². The molecule has 7 heteroatoms. The van der Waals surface area contributed by atoms with Crippen LogP contribution < -0.4 is 0 Å². The number of hydrogen-bond acceptors (Lipinski definition) is 6. The van der Waals surface area contributed by atoms with Crippen LogP contribution >= 0.6 is 11.3 Å². The molecule has 2 aromatic rings. The van der Waals surface area contributed by atoms with Crippen molar-refractivity contribution in [2.45, 2.75) is 37.8 Å². The molecule has 24 heavy (non-hydrogen) atoms. The van der Waals surface area contributed by atoms with Gasteiger partial charge >= 0.3 is 0 Å². The van der Waals surface area contributed by atoms with Gasteiger partial charge < -0.3 is 9.80 Å². The summed E-state index contributed by atoms with van der Waals surface area (Å²) in [5.41, 5.74) is 0.523. The number of rotatable bonds is 3. The lowest BCUT2D eigenvalue weighted by atomic mass is 10.0. The molecular weight excluding hydrogens is 322 g/mol. The van der Waals surface area contributed by atoms with Crippen molar-refractivity contribution in [1.29, 1.82) is 0 Å². The second-order valence-corrected chi connectivity index (χ2v) is 7.37. The molecule has 0 bridgehead atoms. The van der Waals surface area contributed by atoms with Crippen LogP contribution in [0.1, 0.15) is 36.2 Å². The summed E-state index contributed by atoms with van der Waals surface area (Å²) < 4.78 is 0. The maximum absolute atomic E-state index is 13.0. The first-order valence-corrected chi connectivity index (χ1v) is 9.36. The van der Waals surface area contributed by atoms with Crippen molar-refractivity contribution in [2.75, 3.05) is 20.1 Å².